The number of nitrogens with zero attached hydrogens (tertiary/aromatic N) is 2. The van der Waals surface area contributed by atoms with Crippen molar-refractivity contribution in [2.45, 2.75) is 38.3 Å². The molecule has 3 aromatic carbocycles. The fourth-order valence-corrected chi connectivity index (χ4v) is 6.11. The Kier molecular flexibility index (Phi) is 6.71. The summed E-state index contributed by atoms with van der Waals surface area (Å²) < 4.78 is 4.76. The van der Waals surface area contributed by atoms with Gasteiger partial charge < -0.3 is 0 Å². The summed E-state index contributed by atoms with van der Waals surface area (Å²) in [6.07, 6.45) is 8.78. The van der Waals surface area contributed by atoms with Crippen molar-refractivity contribution >= 4 is 0 Å². The Morgan fingerprint density at radius 3 is 2.32 bits per heavy atom. The van der Waals surface area contributed by atoms with E-state index in [0.717, 1.165) is 19.4 Å². The Labute approximate surface area is 226 Å². The monoisotopic (exact) mass is 494 g/mol. The summed E-state index contributed by atoms with van der Waals surface area (Å²) in [7, 11) is 0. The average Bonchev–Trinajstić information content (AvgIpc) is 2.96. The average molecular weight is 495 g/mol. The number of allylic oxidation sites excluding steroid dienone is 1. The van der Waals surface area contributed by atoms with Crippen molar-refractivity contribution in [2.24, 2.45) is 0 Å². The third-order valence-electron chi connectivity index (χ3n) is 7.91. The quantitative estimate of drug-likeness (QED) is 0.164. The van der Waals surface area contributed by atoms with Gasteiger partial charge in [-0.15, -0.1) is 0 Å². The molecule has 2 aromatic heterocycles. The van der Waals surface area contributed by atoms with E-state index in [-0.39, 0.29) is 6.04 Å². The molecule has 0 saturated heterocycles. The molecule has 0 N–H and O–H groups in total. The predicted octanol–water partition coefficient (Wildman–Crippen LogP) is 7.43. The van der Waals surface area contributed by atoms with Crippen molar-refractivity contribution in [3.05, 3.63) is 157 Å². The molecular weight excluding hydrogens is 460 g/mol. The molecule has 0 bridgehead atoms. The zero-order chi connectivity index (χ0) is 25.9. The van der Waals surface area contributed by atoms with Gasteiger partial charge in [0.15, 0.2) is 31.2 Å². The van der Waals surface area contributed by atoms with Crippen LogP contribution < -0.4 is 9.13 Å². The number of hydrogen-bond acceptors (Lipinski definition) is 0. The number of rotatable bonds is 7. The van der Waals surface area contributed by atoms with Crippen LogP contribution in [0.3, 0.4) is 0 Å². The summed E-state index contributed by atoms with van der Waals surface area (Å²) in [6.45, 7) is 7.68. The molecule has 0 saturated carbocycles. The van der Waals surface area contributed by atoms with Crippen LogP contribution in [-0.2, 0) is 13.0 Å². The highest BCUT2D eigenvalue weighted by Gasteiger charge is 2.42. The van der Waals surface area contributed by atoms with Gasteiger partial charge in [0, 0.05) is 29.3 Å². The van der Waals surface area contributed by atoms with Crippen LogP contribution in [0, 0.1) is 6.92 Å². The molecule has 0 aliphatic carbocycles. The fourth-order valence-electron chi connectivity index (χ4n) is 6.11. The maximum absolute atomic E-state index is 4.73. The Morgan fingerprint density at radius 2 is 1.47 bits per heavy atom. The second kappa shape index (κ2) is 10.6. The van der Waals surface area contributed by atoms with Crippen molar-refractivity contribution in [3.8, 4) is 22.4 Å². The number of aryl methyl sites for hydroxylation is 2. The molecule has 2 unspecified atom stereocenters. The Bertz CT molecular complexity index is 1580. The summed E-state index contributed by atoms with van der Waals surface area (Å²) in [5.74, 6) is 0.346. The third kappa shape index (κ3) is 4.70. The van der Waals surface area contributed by atoms with Crippen LogP contribution in [0.15, 0.2) is 140 Å². The number of aromatic nitrogens is 2. The minimum absolute atomic E-state index is 0.180. The van der Waals surface area contributed by atoms with E-state index in [1.54, 1.807) is 0 Å². The summed E-state index contributed by atoms with van der Waals surface area (Å²) in [5, 5.41) is 0. The molecule has 3 heterocycles. The molecule has 38 heavy (non-hydrogen) atoms. The minimum atomic E-state index is 0.180. The van der Waals surface area contributed by atoms with Gasteiger partial charge in [-0.2, -0.15) is 4.57 Å². The molecule has 6 rings (SSSR count). The molecule has 1 aliphatic rings. The van der Waals surface area contributed by atoms with E-state index in [4.69, 9.17) is 6.58 Å². The molecule has 2 heteroatoms. The number of fused-ring (bicyclic) bond motifs is 3. The van der Waals surface area contributed by atoms with E-state index in [1.165, 1.54) is 44.6 Å². The summed E-state index contributed by atoms with van der Waals surface area (Å²) >= 11 is 0. The zero-order valence-electron chi connectivity index (χ0n) is 22.0. The molecular formula is C36H34N2+2. The standard InChI is InChI=1S/C36H34N2/c1-27-13-6-7-17-31(27)30-16-12-23-37(26-30)25-28(2)36-34(22-21-29-14-4-3-5-15-29)32-18-8-9-19-33(32)35-20-10-11-24-38(35)36/h3-20,23-24,26,34,36H,2,21-22,25H2,1H3/q+2. The highest BCUT2D eigenvalue weighted by molar-refractivity contribution is 5.65. The molecule has 186 valence electrons. The highest BCUT2D eigenvalue weighted by Crippen LogP contribution is 2.43. The van der Waals surface area contributed by atoms with Gasteiger partial charge in [-0.3, -0.25) is 0 Å². The van der Waals surface area contributed by atoms with Gasteiger partial charge in [-0.05, 0) is 60.2 Å². The van der Waals surface area contributed by atoms with E-state index in [9.17, 15) is 0 Å². The van der Waals surface area contributed by atoms with Gasteiger partial charge >= 0.3 is 0 Å². The van der Waals surface area contributed by atoms with Crippen LogP contribution in [0.1, 0.15) is 35.1 Å². The zero-order valence-corrected chi connectivity index (χ0v) is 22.0. The molecule has 0 spiro atoms. The van der Waals surface area contributed by atoms with Gasteiger partial charge in [0.25, 0.3) is 0 Å². The Morgan fingerprint density at radius 1 is 0.737 bits per heavy atom. The lowest BCUT2D eigenvalue weighted by molar-refractivity contribution is -0.725. The van der Waals surface area contributed by atoms with Crippen LogP contribution in [0.2, 0.25) is 0 Å². The maximum atomic E-state index is 4.73. The number of pyridine rings is 2. The molecule has 0 fully saturated rings. The summed E-state index contributed by atoms with van der Waals surface area (Å²) in [4.78, 5) is 0. The normalized spacial score (nSPS) is 15.9. The topological polar surface area (TPSA) is 7.76 Å². The van der Waals surface area contributed by atoms with E-state index < -0.39 is 0 Å². The Balaban J connectivity index is 1.36. The van der Waals surface area contributed by atoms with Crippen molar-refractivity contribution < 1.29 is 9.13 Å². The first-order valence-electron chi connectivity index (χ1n) is 13.6. The van der Waals surface area contributed by atoms with Gasteiger partial charge in [0.1, 0.15) is 0 Å². The lowest BCUT2D eigenvalue weighted by Gasteiger charge is -2.31. The van der Waals surface area contributed by atoms with Crippen LogP contribution in [0.4, 0.5) is 0 Å². The van der Waals surface area contributed by atoms with Gasteiger partial charge in [-0.25, -0.2) is 4.57 Å². The van der Waals surface area contributed by atoms with Gasteiger partial charge in [-0.1, -0.05) is 79.4 Å². The second-order valence-electron chi connectivity index (χ2n) is 10.4. The van der Waals surface area contributed by atoms with Crippen molar-refractivity contribution in [2.75, 3.05) is 0 Å². The molecule has 5 aromatic rings. The van der Waals surface area contributed by atoms with Crippen molar-refractivity contribution in [1.82, 2.24) is 0 Å². The lowest BCUT2D eigenvalue weighted by Crippen LogP contribution is -2.50. The van der Waals surface area contributed by atoms with Crippen molar-refractivity contribution in [3.63, 3.8) is 0 Å². The van der Waals surface area contributed by atoms with Crippen LogP contribution in [0.25, 0.3) is 22.4 Å². The first-order chi connectivity index (χ1) is 18.7. The fraction of sp³-hybridized carbons (Fsp3) is 0.167. The van der Waals surface area contributed by atoms with E-state index >= 15 is 0 Å². The molecule has 0 amide bonds. The van der Waals surface area contributed by atoms with E-state index in [1.807, 2.05) is 0 Å². The molecule has 2 atom stereocenters. The van der Waals surface area contributed by atoms with Crippen LogP contribution in [-0.4, -0.2) is 0 Å². The first-order valence-corrected chi connectivity index (χ1v) is 13.6. The predicted molar refractivity (Wildman–Crippen MR) is 155 cm³/mol. The lowest BCUT2D eigenvalue weighted by atomic mass is 9.77. The highest BCUT2D eigenvalue weighted by atomic mass is 15.0. The molecule has 2 nitrogen and oxygen atoms in total. The van der Waals surface area contributed by atoms with E-state index in [2.05, 4.69) is 144 Å². The van der Waals surface area contributed by atoms with Crippen molar-refractivity contribution in [1.29, 1.82) is 0 Å². The third-order valence-corrected chi connectivity index (χ3v) is 7.91. The van der Waals surface area contributed by atoms with Crippen LogP contribution >= 0.6 is 0 Å². The summed E-state index contributed by atoms with van der Waals surface area (Å²) in [5.41, 5.74) is 10.5. The molecule has 0 radical (unpaired) electrons. The first kappa shape index (κ1) is 24.1. The second-order valence-corrected chi connectivity index (χ2v) is 10.4. The number of benzene rings is 3. The Hall–Kier alpha value is -4.30. The van der Waals surface area contributed by atoms with E-state index in [0.29, 0.717) is 5.92 Å². The largest absolute Gasteiger partial charge is 0.213 e. The van der Waals surface area contributed by atoms with Gasteiger partial charge in [0.2, 0.25) is 5.69 Å². The maximum Gasteiger partial charge on any atom is 0.213 e. The summed E-state index contributed by atoms with van der Waals surface area (Å²) in [6, 6.07) is 39.5. The molecule has 1 aliphatic heterocycles. The van der Waals surface area contributed by atoms with Crippen LogP contribution in [0.5, 0.6) is 0 Å². The van der Waals surface area contributed by atoms with Gasteiger partial charge in [0.05, 0.1) is 11.5 Å². The minimum Gasteiger partial charge on any atom is -0.200 e. The SMILES string of the molecule is C=C(C[n+]1cccc(-c2ccccc2C)c1)C1C(CCc2ccccc2)c2ccccc2-c2cccc[n+]21. The number of hydrogen-bond donors (Lipinski definition) is 0. The smallest absolute Gasteiger partial charge is 0.200 e.